The van der Waals surface area contributed by atoms with E-state index in [1.807, 2.05) is 11.7 Å². The Morgan fingerprint density at radius 1 is 1.21 bits per heavy atom. The van der Waals surface area contributed by atoms with Crippen LogP contribution in [0.5, 0.6) is 0 Å². The summed E-state index contributed by atoms with van der Waals surface area (Å²) >= 11 is 0. The van der Waals surface area contributed by atoms with Crippen LogP contribution in [-0.4, -0.2) is 9.78 Å². The lowest BCUT2D eigenvalue weighted by molar-refractivity contribution is 0.554. The highest BCUT2D eigenvalue weighted by Crippen LogP contribution is 2.33. The molecule has 0 atom stereocenters. The normalized spacial score (nSPS) is 11.9. The third-order valence-electron chi connectivity index (χ3n) is 3.37. The minimum atomic E-state index is 0.0295. The van der Waals surface area contributed by atoms with Crippen molar-refractivity contribution in [3.05, 3.63) is 41.2 Å². The second kappa shape index (κ2) is 4.82. The van der Waals surface area contributed by atoms with Gasteiger partial charge in [-0.25, -0.2) is 0 Å². The summed E-state index contributed by atoms with van der Waals surface area (Å²) in [5, 5.41) is 4.64. The van der Waals surface area contributed by atoms with Gasteiger partial charge in [-0.3, -0.25) is 4.68 Å². The molecule has 0 fully saturated rings. The highest BCUT2D eigenvalue weighted by molar-refractivity contribution is 5.70. The lowest BCUT2D eigenvalue weighted by atomic mass is 9.86. The van der Waals surface area contributed by atoms with E-state index in [-0.39, 0.29) is 5.41 Å². The smallest absolute Gasteiger partial charge is 0.0756 e. The number of nitrogens with two attached hydrogens (primary N) is 1. The first-order valence-corrected chi connectivity index (χ1v) is 6.67. The highest BCUT2D eigenvalue weighted by atomic mass is 15.3. The van der Waals surface area contributed by atoms with Gasteiger partial charge in [-0.1, -0.05) is 32.9 Å². The zero-order valence-corrected chi connectivity index (χ0v) is 12.5. The molecule has 0 saturated heterocycles. The summed E-state index contributed by atoms with van der Waals surface area (Å²) < 4.78 is 1.89. The molecule has 1 aromatic heterocycles. The molecule has 0 aliphatic rings. The van der Waals surface area contributed by atoms with Crippen molar-refractivity contribution >= 4 is 0 Å². The molecule has 0 saturated carbocycles. The zero-order valence-electron chi connectivity index (χ0n) is 12.5. The van der Waals surface area contributed by atoms with Crippen molar-refractivity contribution in [1.29, 1.82) is 0 Å². The Morgan fingerprint density at radius 3 is 2.47 bits per heavy atom. The van der Waals surface area contributed by atoms with Crippen molar-refractivity contribution in [3.8, 4) is 11.1 Å². The van der Waals surface area contributed by atoms with Crippen LogP contribution in [0.1, 0.15) is 37.6 Å². The molecule has 2 N–H and O–H groups in total. The van der Waals surface area contributed by atoms with Crippen LogP contribution in [0, 0.1) is 6.92 Å². The summed E-state index contributed by atoms with van der Waals surface area (Å²) in [6, 6.07) is 6.41. The van der Waals surface area contributed by atoms with Crippen LogP contribution in [0.4, 0.5) is 0 Å². The Hall–Kier alpha value is -1.61. The monoisotopic (exact) mass is 257 g/mol. The highest BCUT2D eigenvalue weighted by Gasteiger charge is 2.23. The number of aryl methyl sites for hydroxylation is 2. The van der Waals surface area contributed by atoms with Crippen LogP contribution in [-0.2, 0) is 19.0 Å². The zero-order chi connectivity index (χ0) is 14.2. The quantitative estimate of drug-likeness (QED) is 0.898. The minimum absolute atomic E-state index is 0.0295. The van der Waals surface area contributed by atoms with Crippen LogP contribution < -0.4 is 5.73 Å². The predicted octanol–water partition coefficient (Wildman–Crippen LogP) is 3.15. The number of nitrogens with zero attached hydrogens (tertiary/aromatic N) is 2. The molecule has 2 rings (SSSR count). The van der Waals surface area contributed by atoms with Gasteiger partial charge in [0, 0.05) is 30.8 Å². The van der Waals surface area contributed by atoms with Gasteiger partial charge < -0.3 is 5.73 Å². The minimum Gasteiger partial charge on any atom is -0.326 e. The van der Waals surface area contributed by atoms with Gasteiger partial charge >= 0.3 is 0 Å². The SMILES string of the molecule is Cc1ccc(CN)cc1-c1cn(C)nc1C(C)(C)C. The number of hydrogen-bond acceptors (Lipinski definition) is 2. The molecule has 0 unspecified atom stereocenters. The van der Waals surface area contributed by atoms with Gasteiger partial charge in [0.2, 0.25) is 0 Å². The maximum absolute atomic E-state index is 5.76. The van der Waals surface area contributed by atoms with Gasteiger partial charge in [0.15, 0.2) is 0 Å². The van der Waals surface area contributed by atoms with E-state index < -0.39 is 0 Å². The van der Waals surface area contributed by atoms with Crippen LogP contribution in [0.25, 0.3) is 11.1 Å². The van der Waals surface area contributed by atoms with Gasteiger partial charge in [0.1, 0.15) is 0 Å². The maximum Gasteiger partial charge on any atom is 0.0756 e. The first-order chi connectivity index (χ1) is 8.82. The number of rotatable bonds is 2. The molecule has 0 bridgehead atoms. The summed E-state index contributed by atoms with van der Waals surface area (Å²) in [4.78, 5) is 0. The average Bonchev–Trinajstić information content (AvgIpc) is 2.72. The standard InChI is InChI=1S/C16H23N3/c1-11-6-7-12(9-17)8-13(11)14-10-19(5)18-15(14)16(2,3)4/h6-8,10H,9,17H2,1-5H3. The molecule has 1 aromatic carbocycles. The lowest BCUT2D eigenvalue weighted by Crippen LogP contribution is -2.14. The molecule has 0 aliphatic heterocycles. The van der Waals surface area contributed by atoms with Crippen molar-refractivity contribution in [2.75, 3.05) is 0 Å². The Bertz CT molecular complexity index is 589. The van der Waals surface area contributed by atoms with Crippen molar-refractivity contribution in [3.63, 3.8) is 0 Å². The summed E-state index contributed by atoms with van der Waals surface area (Å²) in [6.07, 6.45) is 2.10. The van der Waals surface area contributed by atoms with E-state index in [2.05, 4.69) is 57.2 Å². The molecular weight excluding hydrogens is 234 g/mol. The fourth-order valence-electron chi connectivity index (χ4n) is 2.33. The van der Waals surface area contributed by atoms with Gasteiger partial charge in [-0.2, -0.15) is 5.10 Å². The fraction of sp³-hybridized carbons (Fsp3) is 0.438. The molecular formula is C16H23N3. The van der Waals surface area contributed by atoms with Crippen molar-refractivity contribution in [2.24, 2.45) is 12.8 Å². The largest absolute Gasteiger partial charge is 0.326 e. The third-order valence-corrected chi connectivity index (χ3v) is 3.37. The first-order valence-electron chi connectivity index (χ1n) is 6.67. The summed E-state index contributed by atoms with van der Waals surface area (Å²) in [5.74, 6) is 0. The first kappa shape index (κ1) is 13.8. The Balaban J connectivity index is 2.65. The van der Waals surface area contributed by atoms with Crippen molar-refractivity contribution < 1.29 is 0 Å². The molecule has 0 amide bonds. The van der Waals surface area contributed by atoms with E-state index in [0.717, 1.165) is 11.3 Å². The van der Waals surface area contributed by atoms with Crippen LogP contribution >= 0.6 is 0 Å². The van der Waals surface area contributed by atoms with Crippen LogP contribution in [0.3, 0.4) is 0 Å². The van der Waals surface area contributed by atoms with E-state index in [1.54, 1.807) is 0 Å². The number of hydrogen-bond donors (Lipinski definition) is 1. The van der Waals surface area contributed by atoms with Crippen molar-refractivity contribution in [1.82, 2.24) is 9.78 Å². The van der Waals surface area contributed by atoms with E-state index in [1.165, 1.54) is 16.7 Å². The van der Waals surface area contributed by atoms with E-state index in [0.29, 0.717) is 6.54 Å². The maximum atomic E-state index is 5.76. The van der Waals surface area contributed by atoms with E-state index >= 15 is 0 Å². The third kappa shape index (κ3) is 2.71. The van der Waals surface area contributed by atoms with Crippen molar-refractivity contribution in [2.45, 2.75) is 39.7 Å². The summed E-state index contributed by atoms with van der Waals surface area (Å²) in [6.45, 7) is 9.29. The Morgan fingerprint density at radius 2 is 1.89 bits per heavy atom. The predicted molar refractivity (Wildman–Crippen MR) is 80.0 cm³/mol. The van der Waals surface area contributed by atoms with E-state index in [4.69, 9.17) is 5.73 Å². The second-order valence-corrected chi connectivity index (χ2v) is 6.17. The molecule has 2 aromatic rings. The molecule has 0 radical (unpaired) electrons. The number of aromatic nitrogens is 2. The molecule has 0 spiro atoms. The summed E-state index contributed by atoms with van der Waals surface area (Å²) in [7, 11) is 1.97. The molecule has 3 nitrogen and oxygen atoms in total. The number of benzene rings is 1. The molecule has 102 valence electrons. The Labute approximate surface area is 115 Å². The molecule has 0 aliphatic carbocycles. The van der Waals surface area contributed by atoms with E-state index in [9.17, 15) is 0 Å². The van der Waals surface area contributed by atoms with Gasteiger partial charge in [-0.05, 0) is 29.7 Å². The summed E-state index contributed by atoms with van der Waals surface area (Å²) in [5.41, 5.74) is 11.8. The van der Waals surface area contributed by atoms with Crippen LogP contribution in [0.2, 0.25) is 0 Å². The van der Waals surface area contributed by atoms with Gasteiger partial charge in [-0.15, -0.1) is 0 Å². The Kier molecular flexibility index (Phi) is 3.50. The van der Waals surface area contributed by atoms with Gasteiger partial charge in [0.25, 0.3) is 0 Å². The second-order valence-electron chi connectivity index (χ2n) is 6.17. The molecule has 3 heteroatoms. The molecule has 19 heavy (non-hydrogen) atoms. The fourth-order valence-corrected chi connectivity index (χ4v) is 2.33. The van der Waals surface area contributed by atoms with Crippen LogP contribution in [0.15, 0.2) is 24.4 Å². The average molecular weight is 257 g/mol. The molecule has 1 heterocycles. The topological polar surface area (TPSA) is 43.8 Å². The van der Waals surface area contributed by atoms with Gasteiger partial charge in [0.05, 0.1) is 5.69 Å². The lowest BCUT2D eigenvalue weighted by Gasteiger charge is -2.18.